The number of likely N-dealkylation sites (tertiary alicyclic amines) is 1. The summed E-state index contributed by atoms with van der Waals surface area (Å²) >= 11 is 0. The molecule has 1 fully saturated rings. The van der Waals surface area contributed by atoms with Gasteiger partial charge >= 0.3 is 0 Å². The molecule has 1 amide bonds. The Morgan fingerprint density at radius 3 is 2.89 bits per heavy atom. The maximum Gasteiger partial charge on any atom is 0.224 e. The summed E-state index contributed by atoms with van der Waals surface area (Å²) in [6, 6.07) is 0.104. The number of aromatic nitrogens is 2. The zero-order valence-corrected chi connectivity index (χ0v) is 11.3. The lowest BCUT2D eigenvalue weighted by Crippen LogP contribution is -2.35. The van der Waals surface area contributed by atoms with Crippen LogP contribution >= 0.6 is 0 Å². The Kier molecular flexibility index (Phi) is 3.71. The monoisotopic (exact) mass is 250 g/mol. The van der Waals surface area contributed by atoms with Gasteiger partial charge in [-0.3, -0.25) is 4.79 Å². The van der Waals surface area contributed by atoms with Crippen molar-refractivity contribution in [1.82, 2.24) is 14.5 Å². The van der Waals surface area contributed by atoms with E-state index in [0.717, 1.165) is 18.8 Å². The second kappa shape index (κ2) is 5.10. The molecule has 0 unspecified atom stereocenters. The molecule has 0 radical (unpaired) electrons. The van der Waals surface area contributed by atoms with Crippen molar-refractivity contribution in [3.8, 4) is 0 Å². The van der Waals surface area contributed by atoms with Crippen LogP contribution in [0.2, 0.25) is 0 Å². The number of hydrogen-bond acceptors (Lipinski definition) is 3. The van der Waals surface area contributed by atoms with Gasteiger partial charge in [-0.05, 0) is 20.3 Å². The molecule has 5 nitrogen and oxygen atoms in total. The van der Waals surface area contributed by atoms with Crippen molar-refractivity contribution in [1.29, 1.82) is 0 Å². The lowest BCUT2D eigenvalue weighted by Gasteiger charge is -2.27. The third-order valence-corrected chi connectivity index (χ3v) is 3.46. The summed E-state index contributed by atoms with van der Waals surface area (Å²) in [4.78, 5) is 18.3. The minimum Gasteiger partial charge on any atom is -0.331 e. The molecule has 5 heteroatoms. The fourth-order valence-electron chi connectivity index (χ4n) is 2.64. The molecule has 2 atom stereocenters. The molecule has 100 valence electrons. The van der Waals surface area contributed by atoms with E-state index in [-0.39, 0.29) is 18.0 Å². The van der Waals surface area contributed by atoms with Gasteiger partial charge in [0.05, 0.1) is 0 Å². The molecule has 0 aromatic carbocycles. The molecule has 0 bridgehead atoms. The summed E-state index contributed by atoms with van der Waals surface area (Å²) in [6.45, 7) is 7.04. The quantitative estimate of drug-likeness (QED) is 0.880. The van der Waals surface area contributed by atoms with Crippen LogP contribution in [0.3, 0.4) is 0 Å². The Labute approximate surface area is 108 Å². The van der Waals surface area contributed by atoms with Crippen LogP contribution in [-0.4, -0.2) is 32.9 Å². The third-order valence-electron chi connectivity index (χ3n) is 3.46. The topological polar surface area (TPSA) is 64.2 Å². The van der Waals surface area contributed by atoms with E-state index in [2.05, 4.69) is 30.3 Å². The van der Waals surface area contributed by atoms with Gasteiger partial charge in [0.25, 0.3) is 0 Å². The first kappa shape index (κ1) is 13.1. The Hall–Kier alpha value is -1.36. The second-order valence-corrected chi connectivity index (χ2v) is 5.19. The van der Waals surface area contributed by atoms with E-state index >= 15 is 0 Å². The molecular weight excluding hydrogens is 228 g/mol. The summed E-state index contributed by atoms with van der Waals surface area (Å²) in [7, 11) is 0. The molecule has 18 heavy (non-hydrogen) atoms. The van der Waals surface area contributed by atoms with Gasteiger partial charge in [-0.15, -0.1) is 0 Å². The van der Waals surface area contributed by atoms with Crippen molar-refractivity contribution in [2.75, 3.05) is 6.54 Å². The van der Waals surface area contributed by atoms with E-state index in [1.807, 2.05) is 11.1 Å². The molecule has 1 aromatic heterocycles. The maximum absolute atomic E-state index is 12.0. The average molecular weight is 250 g/mol. The van der Waals surface area contributed by atoms with Crippen molar-refractivity contribution < 1.29 is 4.79 Å². The zero-order valence-electron chi connectivity index (χ0n) is 11.3. The van der Waals surface area contributed by atoms with Gasteiger partial charge < -0.3 is 15.2 Å². The van der Waals surface area contributed by atoms with Crippen molar-refractivity contribution >= 4 is 5.91 Å². The smallest absolute Gasteiger partial charge is 0.224 e. The first-order valence-corrected chi connectivity index (χ1v) is 6.64. The molecule has 1 saturated heterocycles. The highest BCUT2D eigenvalue weighted by Crippen LogP contribution is 2.32. The largest absolute Gasteiger partial charge is 0.331 e. The molecule has 1 aliphatic rings. The van der Waals surface area contributed by atoms with Crippen molar-refractivity contribution in [2.24, 2.45) is 5.73 Å². The Morgan fingerprint density at radius 2 is 2.28 bits per heavy atom. The lowest BCUT2D eigenvalue weighted by atomic mass is 10.1. The van der Waals surface area contributed by atoms with Gasteiger partial charge in [-0.1, -0.05) is 6.92 Å². The van der Waals surface area contributed by atoms with Gasteiger partial charge in [-0.25, -0.2) is 4.98 Å². The lowest BCUT2D eigenvalue weighted by molar-refractivity contribution is -0.129. The van der Waals surface area contributed by atoms with Crippen LogP contribution in [0.4, 0.5) is 0 Å². The number of rotatable bonds is 4. The molecule has 0 aliphatic carbocycles. The van der Waals surface area contributed by atoms with Crippen LogP contribution in [0, 0.1) is 0 Å². The summed E-state index contributed by atoms with van der Waals surface area (Å²) in [5.74, 6) is 1.06. The van der Waals surface area contributed by atoms with Crippen molar-refractivity contribution in [3.05, 3.63) is 18.2 Å². The molecule has 0 spiro atoms. The van der Waals surface area contributed by atoms with Gasteiger partial charge in [-0.2, -0.15) is 0 Å². The van der Waals surface area contributed by atoms with Crippen LogP contribution < -0.4 is 5.73 Å². The number of carbonyl (C=O) groups is 1. The average Bonchev–Trinajstić information content (AvgIpc) is 2.85. The van der Waals surface area contributed by atoms with Gasteiger partial charge in [0, 0.05) is 37.4 Å². The summed E-state index contributed by atoms with van der Waals surface area (Å²) in [5.41, 5.74) is 6.13. The third kappa shape index (κ3) is 2.14. The van der Waals surface area contributed by atoms with Crippen LogP contribution in [0.5, 0.6) is 0 Å². The van der Waals surface area contributed by atoms with E-state index in [1.54, 1.807) is 6.20 Å². The fourth-order valence-corrected chi connectivity index (χ4v) is 2.64. The second-order valence-electron chi connectivity index (χ2n) is 5.19. The Morgan fingerprint density at radius 1 is 1.56 bits per heavy atom. The summed E-state index contributed by atoms with van der Waals surface area (Å²) in [5, 5.41) is 0. The van der Waals surface area contributed by atoms with Crippen LogP contribution in [0.25, 0.3) is 0 Å². The predicted octanol–water partition coefficient (Wildman–Crippen LogP) is 1.47. The number of nitrogens with two attached hydrogens (primary N) is 1. The Balaban J connectivity index is 2.34. The van der Waals surface area contributed by atoms with E-state index < -0.39 is 0 Å². The summed E-state index contributed by atoms with van der Waals surface area (Å²) in [6.07, 6.45) is 5.11. The van der Waals surface area contributed by atoms with Crippen molar-refractivity contribution in [3.63, 3.8) is 0 Å². The maximum atomic E-state index is 12.0. The first-order chi connectivity index (χ1) is 8.56. The highest BCUT2D eigenvalue weighted by atomic mass is 16.2. The number of hydrogen-bond donors (Lipinski definition) is 1. The molecule has 2 N–H and O–H groups in total. The predicted molar refractivity (Wildman–Crippen MR) is 69.9 cm³/mol. The molecule has 1 aromatic rings. The standard InChI is InChI=1S/C13H22N4O/c1-4-6-17-11(18)8-10(14)12(17)13-15-5-7-16(13)9(2)3/h5,7,9-10,12H,4,6,8,14H2,1-3H3/t10-,12-/m0/s1. The van der Waals surface area contributed by atoms with Crippen LogP contribution in [-0.2, 0) is 4.79 Å². The van der Waals surface area contributed by atoms with E-state index in [1.165, 1.54) is 0 Å². The van der Waals surface area contributed by atoms with Gasteiger partial charge in [0.2, 0.25) is 5.91 Å². The first-order valence-electron chi connectivity index (χ1n) is 6.64. The SMILES string of the molecule is CCCN1C(=O)C[C@H](N)[C@H]1c1nccn1C(C)C. The molecule has 2 rings (SSSR count). The molecule has 0 saturated carbocycles. The molecule has 2 heterocycles. The minimum absolute atomic E-state index is 0.0742. The highest BCUT2D eigenvalue weighted by molar-refractivity contribution is 5.80. The van der Waals surface area contributed by atoms with E-state index in [0.29, 0.717) is 12.5 Å². The highest BCUT2D eigenvalue weighted by Gasteiger charge is 2.40. The summed E-state index contributed by atoms with van der Waals surface area (Å²) < 4.78 is 2.10. The minimum atomic E-state index is -0.149. The van der Waals surface area contributed by atoms with E-state index in [4.69, 9.17) is 5.73 Å². The number of carbonyl (C=O) groups excluding carboxylic acids is 1. The Bertz CT molecular complexity index is 426. The van der Waals surface area contributed by atoms with E-state index in [9.17, 15) is 4.79 Å². The number of nitrogens with zero attached hydrogens (tertiary/aromatic N) is 3. The van der Waals surface area contributed by atoms with Gasteiger partial charge in [0.1, 0.15) is 11.9 Å². The number of amides is 1. The van der Waals surface area contributed by atoms with Crippen LogP contribution in [0.1, 0.15) is 51.5 Å². The number of imidazole rings is 1. The normalized spacial score (nSPS) is 24.3. The zero-order chi connectivity index (χ0) is 13.3. The molecule has 1 aliphatic heterocycles. The van der Waals surface area contributed by atoms with Gasteiger partial charge in [0.15, 0.2) is 0 Å². The molecular formula is C13H22N4O. The fraction of sp³-hybridized carbons (Fsp3) is 0.692. The van der Waals surface area contributed by atoms with Crippen molar-refractivity contribution in [2.45, 2.75) is 51.7 Å². The van der Waals surface area contributed by atoms with Crippen LogP contribution in [0.15, 0.2) is 12.4 Å².